The lowest BCUT2D eigenvalue weighted by molar-refractivity contribution is -0.123. The number of carbonyl (C=O) groups excluding carboxylic acids is 1. The summed E-state index contributed by atoms with van der Waals surface area (Å²) >= 11 is 9.89. The fourth-order valence-corrected chi connectivity index (χ4v) is 3.93. The van der Waals surface area contributed by atoms with E-state index < -0.39 is 0 Å². The number of para-hydroxylation sites is 1. The molecule has 3 aromatic rings. The number of aryl methyl sites for hydroxylation is 3. The minimum absolute atomic E-state index is 0.157. The number of nitrogens with zero attached hydrogens (tertiary/aromatic N) is 3. The van der Waals surface area contributed by atoms with Gasteiger partial charge in [-0.15, -0.1) is 0 Å². The van der Waals surface area contributed by atoms with Crippen molar-refractivity contribution in [1.29, 1.82) is 0 Å². The number of benzene rings is 2. The van der Waals surface area contributed by atoms with Crippen LogP contribution in [0.25, 0.3) is 5.69 Å². The summed E-state index contributed by atoms with van der Waals surface area (Å²) in [6.07, 6.45) is 1.48. The van der Waals surface area contributed by atoms with Crippen LogP contribution in [-0.4, -0.2) is 28.5 Å². The Hall–Kier alpha value is -2.64. The van der Waals surface area contributed by atoms with Crippen molar-refractivity contribution < 1.29 is 9.53 Å². The van der Waals surface area contributed by atoms with Gasteiger partial charge in [0.15, 0.2) is 6.61 Å². The molecular weight excluding hydrogens is 456 g/mol. The van der Waals surface area contributed by atoms with Gasteiger partial charge in [-0.3, -0.25) is 4.79 Å². The summed E-state index contributed by atoms with van der Waals surface area (Å²) < 4.78 is 8.05. The van der Waals surface area contributed by atoms with E-state index in [-0.39, 0.29) is 12.5 Å². The molecule has 1 N–H and O–H groups in total. The van der Waals surface area contributed by atoms with Gasteiger partial charge < -0.3 is 4.74 Å². The molecule has 0 atom stereocenters. The molecule has 0 aliphatic rings. The van der Waals surface area contributed by atoms with Gasteiger partial charge in [-0.1, -0.05) is 35.9 Å². The number of aromatic nitrogens is 2. The van der Waals surface area contributed by atoms with E-state index in [1.54, 1.807) is 4.68 Å². The second-order valence-corrected chi connectivity index (χ2v) is 7.72. The van der Waals surface area contributed by atoms with Crippen molar-refractivity contribution in [2.24, 2.45) is 5.10 Å². The fourth-order valence-electron chi connectivity index (χ4n) is 2.82. The van der Waals surface area contributed by atoms with Crippen LogP contribution in [0.3, 0.4) is 0 Å². The van der Waals surface area contributed by atoms with Crippen LogP contribution >= 0.6 is 27.5 Å². The van der Waals surface area contributed by atoms with E-state index in [2.05, 4.69) is 31.6 Å². The van der Waals surface area contributed by atoms with Gasteiger partial charge in [-0.2, -0.15) is 10.2 Å². The van der Waals surface area contributed by atoms with Gasteiger partial charge in [0, 0.05) is 0 Å². The van der Waals surface area contributed by atoms with E-state index in [4.69, 9.17) is 16.3 Å². The van der Waals surface area contributed by atoms with E-state index in [1.165, 1.54) is 6.21 Å². The topological polar surface area (TPSA) is 68.5 Å². The number of hydrogen-bond acceptors (Lipinski definition) is 4. The number of ether oxygens (including phenoxy) is 1. The number of amides is 1. The highest BCUT2D eigenvalue weighted by Gasteiger charge is 2.13. The normalized spacial score (nSPS) is 11.1. The van der Waals surface area contributed by atoms with Crippen LogP contribution in [0.2, 0.25) is 5.15 Å². The molecule has 8 heteroatoms. The minimum Gasteiger partial charge on any atom is -0.482 e. The Labute approximate surface area is 182 Å². The summed E-state index contributed by atoms with van der Waals surface area (Å²) in [4.78, 5) is 12.1. The molecule has 3 rings (SSSR count). The first kappa shape index (κ1) is 21.1. The number of halogens is 2. The summed E-state index contributed by atoms with van der Waals surface area (Å²) in [5, 5.41) is 8.84. The van der Waals surface area contributed by atoms with Crippen molar-refractivity contribution in [2.75, 3.05) is 6.61 Å². The van der Waals surface area contributed by atoms with Crippen LogP contribution < -0.4 is 10.2 Å². The van der Waals surface area contributed by atoms with Gasteiger partial charge in [0.1, 0.15) is 10.9 Å². The Balaban J connectivity index is 1.63. The number of rotatable bonds is 6. The summed E-state index contributed by atoms with van der Waals surface area (Å²) in [5.41, 5.74) is 6.69. The highest BCUT2D eigenvalue weighted by molar-refractivity contribution is 9.10. The van der Waals surface area contributed by atoms with Gasteiger partial charge in [-0.05, 0) is 66.0 Å². The second kappa shape index (κ2) is 9.24. The standard InChI is InChI=1S/C21H20BrClN4O2/c1-13-9-14(2)20(18(22)10-13)29-12-19(28)25-24-11-17-15(3)26-27(21(17)23)16-7-5-4-6-8-16/h4-11H,12H2,1-3H3,(H,25,28)/b24-11-. The molecule has 29 heavy (non-hydrogen) atoms. The maximum absolute atomic E-state index is 12.1. The largest absolute Gasteiger partial charge is 0.482 e. The molecule has 1 heterocycles. The first-order chi connectivity index (χ1) is 13.9. The Morgan fingerprint density at radius 1 is 1.28 bits per heavy atom. The van der Waals surface area contributed by atoms with Crippen LogP contribution in [0.1, 0.15) is 22.4 Å². The summed E-state index contributed by atoms with van der Waals surface area (Å²) in [6, 6.07) is 13.5. The number of hydrogen-bond donors (Lipinski definition) is 1. The zero-order valence-corrected chi connectivity index (χ0v) is 18.6. The van der Waals surface area contributed by atoms with Gasteiger partial charge >= 0.3 is 0 Å². The Morgan fingerprint density at radius 3 is 2.69 bits per heavy atom. The second-order valence-electron chi connectivity index (χ2n) is 6.51. The molecule has 0 fully saturated rings. The predicted octanol–water partition coefficient (Wildman–Crippen LogP) is 4.74. The lowest BCUT2D eigenvalue weighted by Crippen LogP contribution is -2.25. The van der Waals surface area contributed by atoms with Crippen LogP contribution in [0.15, 0.2) is 52.0 Å². The van der Waals surface area contributed by atoms with Gasteiger partial charge in [0.2, 0.25) is 0 Å². The molecule has 0 unspecified atom stereocenters. The van der Waals surface area contributed by atoms with E-state index >= 15 is 0 Å². The van der Waals surface area contributed by atoms with Gasteiger partial charge in [0.05, 0.1) is 27.6 Å². The molecule has 1 aromatic heterocycles. The summed E-state index contributed by atoms with van der Waals surface area (Å²) in [6.45, 7) is 5.60. The Bertz CT molecular complexity index is 1040. The van der Waals surface area contributed by atoms with Crippen LogP contribution in [-0.2, 0) is 4.79 Å². The molecule has 0 saturated heterocycles. The predicted molar refractivity (Wildman–Crippen MR) is 118 cm³/mol. The third-order valence-electron chi connectivity index (χ3n) is 4.15. The van der Waals surface area contributed by atoms with Crippen molar-refractivity contribution in [3.05, 3.63) is 74.5 Å². The Morgan fingerprint density at radius 2 is 2.00 bits per heavy atom. The van der Waals surface area contributed by atoms with Crippen molar-refractivity contribution in [3.8, 4) is 11.4 Å². The molecule has 0 aliphatic heterocycles. The summed E-state index contributed by atoms with van der Waals surface area (Å²) in [5.74, 6) is 0.259. The number of carbonyl (C=O) groups is 1. The molecule has 0 bridgehead atoms. The average Bonchev–Trinajstić information content (AvgIpc) is 2.96. The molecule has 0 saturated carbocycles. The van der Waals surface area contributed by atoms with E-state index in [0.717, 1.165) is 21.3 Å². The SMILES string of the molecule is Cc1cc(C)c(OCC(=O)N/N=C\c2c(C)nn(-c3ccccc3)c2Cl)c(Br)c1. The van der Waals surface area contributed by atoms with Crippen LogP contribution in [0.4, 0.5) is 0 Å². The maximum atomic E-state index is 12.1. The van der Waals surface area contributed by atoms with E-state index in [0.29, 0.717) is 22.2 Å². The molecule has 6 nitrogen and oxygen atoms in total. The van der Waals surface area contributed by atoms with Crippen molar-refractivity contribution in [3.63, 3.8) is 0 Å². The smallest absolute Gasteiger partial charge is 0.277 e. The van der Waals surface area contributed by atoms with Crippen molar-refractivity contribution >= 4 is 39.7 Å². The Kier molecular flexibility index (Phi) is 6.71. The lowest BCUT2D eigenvalue weighted by Gasteiger charge is -2.11. The zero-order chi connectivity index (χ0) is 21.0. The monoisotopic (exact) mass is 474 g/mol. The molecule has 0 radical (unpaired) electrons. The van der Waals surface area contributed by atoms with Gasteiger partial charge in [0.25, 0.3) is 5.91 Å². The summed E-state index contributed by atoms with van der Waals surface area (Å²) in [7, 11) is 0. The molecule has 0 aliphatic carbocycles. The lowest BCUT2D eigenvalue weighted by atomic mass is 10.1. The van der Waals surface area contributed by atoms with Crippen molar-refractivity contribution in [2.45, 2.75) is 20.8 Å². The molecule has 150 valence electrons. The zero-order valence-electron chi connectivity index (χ0n) is 16.2. The molecule has 1 amide bonds. The van der Waals surface area contributed by atoms with Crippen LogP contribution in [0, 0.1) is 20.8 Å². The van der Waals surface area contributed by atoms with Crippen molar-refractivity contribution in [1.82, 2.24) is 15.2 Å². The maximum Gasteiger partial charge on any atom is 0.277 e. The first-order valence-corrected chi connectivity index (χ1v) is 10.1. The number of nitrogens with one attached hydrogen (secondary N) is 1. The van der Waals surface area contributed by atoms with Crippen LogP contribution in [0.5, 0.6) is 5.75 Å². The molecular formula is C21H20BrClN4O2. The third kappa shape index (κ3) is 5.05. The third-order valence-corrected chi connectivity index (χ3v) is 5.11. The average molecular weight is 476 g/mol. The minimum atomic E-state index is -0.377. The molecule has 2 aromatic carbocycles. The van der Waals surface area contributed by atoms with Gasteiger partial charge in [-0.25, -0.2) is 10.1 Å². The van der Waals surface area contributed by atoms with E-state index in [1.807, 2.05) is 63.2 Å². The molecule has 0 spiro atoms. The quantitative estimate of drug-likeness (QED) is 0.413. The van der Waals surface area contributed by atoms with E-state index in [9.17, 15) is 4.79 Å². The highest BCUT2D eigenvalue weighted by atomic mass is 79.9. The fraction of sp³-hybridized carbons (Fsp3) is 0.190. The first-order valence-electron chi connectivity index (χ1n) is 8.89. The number of hydrazone groups is 1. The highest BCUT2D eigenvalue weighted by Crippen LogP contribution is 2.30.